The van der Waals surface area contributed by atoms with Gasteiger partial charge in [0.1, 0.15) is 0 Å². The molecule has 352 valence electrons. The number of hydrogen-bond donors (Lipinski definition) is 0. The summed E-state index contributed by atoms with van der Waals surface area (Å²) in [5.41, 5.74) is 11.7. The molecule has 0 amide bonds. The highest BCUT2D eigenvalue weighted by Gasteiger charge is 2.29. The zero-order chi connectivity index (χ0) is 51.9. The van der Waals surface area contributed by atoms with Crippen molar-refractivity contribution in [3.05, 3.63) is 175 Å². The molecule has 0 radical (unpaired) electrons. The summed E-state index contributed by atoms with van der Waals surface area (Å²) >= 11 is 0. The molecule has 2 unspecified atom stereocenters. The van der Waals surface area contributed by atoms with Crippen LogP contribution in [0.25, 0.3) is 34.9 Å². The second-order valence-corrected chi connectivity index (χ2v) is 22.5. The summed E-state index contributed by atoms with van der Waals surface area (Å²) < 4.78 is 0. The van der Waals surface area contributed by atoms with E-state index >= 15 is 0 Å². The normalized spacial score (nSPS) is 21.3. The van der Waals surface area contributed by atoms with Gasteiger partial charge in [-0.2, -0.15) is 26.3 Å². The average Bonchev–Trinajstić information content (AvgIpc) is 3.31. The quantitative estimate of drug-likeness (QED) is 0.208. The molecule has 3 aliphatic carbocycles. The molecule has 0 aromatic heterocycles. The fourth-order valence-electron chi connectivity index (χ4n) is 8.74. The van der Waals surface area contributed by atoms with Gasteiger partial charge in [0.15, 0.2) is 0 Å². The van der Waals surface area contributed by atoms with E-state index in [1.807, 2.05) is 80.6 Å². The molecule has 3 aromatic carbocycles. The summed E-state index contributed by atoms with van der Waals surface area (Å²) in [5.74, 6) is 2.57. The zero-order valence-electron chi connectivity index (χ0n) is 43.8. The molecule has 6 rings (SSSR count). The van der Waals surface area contributed by atoms with Gasteiger partial charge in [-0.15, -0.1) is 6.42 Å². The van der Waals surface area contributed by atoms with Crippen LogP contribution in [0, 0.1) is 91.7 Å². The van der Waals surface area contributed by atoms with Crippen LogP contribution in [0.15, 0.2) is 124 Å². The Morgan fingerprint density at radius 1 is 0.457 bits per heavy atom. The monoisotopic (exact) mass is 918 g/mol. The Kier molecular flexibility index (Phi) is 16.2. The highest BCUT2D eigenvalue weighted by molar-refractivity contribution is 5.92. The predicted octanol–water partition coefficient (Wildman–Crippen LogP) is 16.5. The number of benzene rings is 3. The van der Waals surface area contributed by atoms with Crippen molar-refractivity contribution >= 4 is 34.9 Å². The molecule has 0 saturated carbocycles. The summed E-state index contributed by atoms with van der Waals surface area (Å²) in [6, 6.07) is 30.2. The highest BCUT2D eigenvalue weighted by atomic mass is 14.4. The first-order valence-corrected chi connectivity index (χ1v) is 24.2. The van der Waals surface area contributed by atoms with Gasteiger partial charge >= 0.3 is 0 Å². The SMILES string of the molecule is C#Cc1cc2cc(c1)/C(C#N)=C/C1C=C(C=C(C(C)(C)C)C1)/C(C#N)=C/c1cc(cc(C(C)(C)C)c1)/C(C#N)=C/c1cc(cc(C(C)(C)C)c1)/C(C#N)=C/C1=CC(C(C)(C)C)CC(=C1)/C(C#N)=C/2.CC. The molecule has 10 bridgehead atoms. The molecule has 0 saturated heterocycles. The summed E-state index contributed by atoms with van der Waals surface area (Å²) in [7, 11) is 0. The minimum atomic E-state index is -0.291. The Bertz CT molecular complexity index is 3140. The summed E-state index contributed by atoms with van der Waals surface area (Å²) in [6.45, 7) is 29.8. The maximum Gasteiger partial charge on any atom is 0.0998 e. The smallest absolute Gasteiger partial charge is 0.0998 e. The standard InChI is InChI=1S/C63H61N5.C2H6/c1-14-40-15-41-17-46(16-40)51(35-64)23-42-18-48(32-56(27-42)60(2,3)4)53(37-66)25-44-20-50(34-58(29-44)62(8,9)10)55(39-68)26-45-21-49(33-59(30-45)63(11,12)13)54(38-67)24-43-19-47(52(22-41)36-65)31-57(28-43)61(5,6)7;1-2/h1,15-26,28-30,32-34,42,57H,27,31H2,2-13H3;1-2H3/b51-23+,52-22+,53-25+,54-24+,55-26+;. The third-order valence-electron chi connectivity index (χ3n) is 13.0. The van der Waals surface area contributed by atoms with Crippen molar-refractivity contribution in [2.45, 2.75) is 121 Å². The third kappa shape index (κ3) is 12.9. The van der Waals surface area contributed by atoms with E-state index in [1.165, 1.54) is 0 Å². The van der Waals surface area contributed by atoms with Gasteiger partial charge < -0.3 is 0 Å². The van der Waals surface area contributed by atoms with Gasteiger partial charge in [-0.05, 0) is 168 Å². The summed E-state index contributed by atoms with van der Waals surface area (Å²) in [5, 5.41) is 54.3. The van der Waals surface area contributed by atoms with Crippen molar-refractivity contribution in [2.24, 2.45) is 22.7 Å². The highest BCUT2D eigenvalue weighted by Crippen LogP contribution is 2.42. The summed E-state index contributed by atoms with van der Waals surface area (Å²) in [4.78, 5) is 0. The van der Waals surface area contributed by atoms with E-state index < -0.39 is 0 Å². The van der Waals surface area contributed by atoms with Gasteiger partial charge in [0, 0.05) is 11.5 Å². The van der Waals surface area contributed by atoms with Crippen LogP contribution in [0.1, 0.15) is 160 Å². The lowest BCUT2D eigenvalue weighted by molar-refractivity contribution is 0.289. The van der Waals surface area contributed by atoms with Crippen LogP contribution < -0.4 is 0 Å². The maximum atomic E-state index is 10.9. The molecule has 2 atom stereocenters. The molecule has 0 spiro atoms. The van der Waals surface area contributed by atoms with Crippen LogP contribution in [0.2, 0.25) is 0 Å². The Morgan fingerprint density at radius 2 is 0.929 bits per heavy atom. The van der Waals surface area contributed by atoms with Crippen LogP contribution in [-0.4, -0.2) is 0 Å². The van der Waals surface area contributed by atoms with Crippen molar-refractivity contribution < 1.29 is 0 Å². The largest absolute Gasteiger partial charge is 0.192 e. The second-order valence-electron chi connectivity index (χ2n) is 22.5. The van der Waals surface area contributed by atoms with Gasteiger partial charge in [0.05, 0.1) is 58.2 Å². The lowest BCUT2D eigenvalue weighted by atomic mass is 9.72. The molecular formula is C65H67N5. The minimum absolute atomic E-state index is 0.0386. The molecule has 0 aliphatic heterocycles. The third-order valence-corrected chi connectivity index (χ3v) is 13.0. The van der Waals surface area contributed by atoms with Crippen LogP contribution in [-0.2, 0) is 10.8 Å². The number of nitrogens with zero attached hydrogens (tertiary/aromatic N) is 5. The first-order chi connectivity index (χ1) is 32.8. The zero-order valence-corrected chi connectivity index (χ0v) is 43.8. The van der Waals surface area contributed by atoms with E-state index in [2.05, 4.69) is 162 Å². The van der Waals surface area contributed by atoms with Crippen molar-refractivity contribution in [1.82, 2.24) is 0 Å². The molecule has 0 N–H and O–H groups in total. The molecule has 70 heavy (non-hydrogen) atoms. The van der Waals surface area contributed by atoms with E-state index in [-0.39, 0.29) is 33.5 Å². The number of nitriles is 5. The van der Waals surface area contributed by atoms with Gasteiger partial charge in [0.2, 0.25) is 0 Å². The Hall–Kier alpha value is -7.67. The fraction of sp³-hybridized carbons (Fsp3) is 0.338. The number of rotatable bonds is 0. The maximum absolute atomic E-state index is 10.9. The number of hydrogen-bond acceptors (Lipinski definition) is 5. The van der Waals surface area contributed by atoms with Gasteiger partial charge in [-0.25, -0.2) is 0 Å². The van der Waals surface area contributed by atoms with E-state index in [0.717, 1.165) is 44.5 Å². The number of fused-ring (bicyclic) bond motifs is 8. The van der Waals surface area contributed by atoms with Gasteiger partial charge in [-0.1, -0.05) is 151 Å². The first kappa shape index (κ1) is 53.3. The Morgan fingerprint density at radius 3 is 1.40 bits per heavy atom. The number of terminal acetylenes is 1. The van der Waals surface area contributed by atoms with Gasteiger partial charge in [-0.3, -0.25) is 0 Å². The van der Waals surface area contributed by atoms with E-state index in [0.29, 0.717) is 68.5 Å². The Labute approximate surface area is 419 Å². The summed E-state index contributed by atoms with van der Waals surface area (Å²) in [6.07, 6.45) is 25.1. The van der Waals surface area contributed by atoms with E-state index in [1.54, 1.807) is 0 Å². The minimum Gasteiger partial charge on any atom is -0.192 e. The second kappa shape index (κ2) is 21.3. The molecule has 3 aromatic rings. The van der Waals surface area contributed by atoms with E-state index in [4.69, 9.17) is 6.42 Å². The Balaban J connectivity index is 0.00000450. The lowest BCUT2D eigenvalue weighted by Crippen LogP contribution is -2.21. The molecular weight excluding hydrogens is 851 g/mol. The molecule has 0 heterocycles. The average molecular weight is 918 g/mol. The topological polar surface area (TPSA) is 119 Å². The van der Waals surface area contributed by atoms with Crippen LogP contribution in [0.4, 0.5) is 0 Å². The van der Waals surface area contributed by atoms with Crippen molar-refractivity contribution in [1.29, 1.82) is 26.3 Å². The van der Waals surface area contributed by atoms with Gasteiger partial charge in [0.25, 0.3) is 0 Å². The van der Waals surface area contributed by atoms with Crippen molar-refractivity contribution in [3.8, 4) is 42.7 Å². The molecule has 5 nitrogen and oxygen atoms in total. The van der Waals surface area contributed by atoms with Crippen LogP contribution in [0.5, 0.6) is 0 Å². The predicted molar refractivity (Wildman–Crippen MR) is 291 cm³/mol. The first-order valence-electron chi connectivity index (χ1n) is 24.2. The molecule has 0 fully saturated rings. The molecule has 5 heteroatoms. The number of allylic oxidation sites excluding steroid dienone is 15. The van der Waals surface area contributed by atoms with Crippen molar-refractivity contribution in [2.75, 3.05) is 0 Å². The fourth-order valence-corrected chi connectivity index (χ4v) is 8.74. The molecule has 3 aliphatic rings. The van der Waals surface area contributed by atoms with E-state index in [9.17, 15) is 26.3 Å². The van der Waals surface area contributed by atoms with Crippen LogP contribution in [0.3, 0.4) is 0 Å². The lowest BCUT2D eigenvalue weighted by Gasteiger charge is -2.32. The van der Waals surface area contributed by atoms with Crippen LogP contribution >= 0.6 is 0 Å². The van der Waals surface area contributed by atoms with Crippen molar-refractivity contribution in [3.63, 3.8) is 0 Å².